The van der Waals surface area contributed by atoms with Gasteiger partial charge in [-0.2, -0.15) is 0 Å². The van der Waals surface area contributed by atoms with Crippen molar-refractivity contribution in [3.63, 3.8) is 0 Å². The number of rotatable bonds is 9. The first kappa shape index (κ1) is 22.5. The van der Waals surface area contributed by atoms with E-state index in [0.29, 0.717) is 12.2 Å². The van der Waals surface area contributed by atoms with Crippen molar-refractivity contribution in [1.29, 1.82) is 0 Å². The number of nitrogens with zero attached hydrogens (tertiary/aromatic N) is 1. The van der Waals surface area contributed by atoms with Crippen molar-refractivity contribution in [1.82, 2.24) is 10.3 Å². The first-order chi connectivity index (χ1) is 14.9. The van der Waals surface area contributed by atoms with Crippen LogP contribution in [0.4, 0.5) is 0 Å². The maximum Gasteiger partial charge on any atom is 0.224 e. The number of aromatic nitrogens is 1. The number of nitrogens with one attached hydrogen (secondary N) is 1. The fourth-order valence-electron chi connectivity index (χ4n) is 3.19. The number of aryl methyl sites for hydroxylation is 1. The Bertz CT molecular complexity index is 1100. The molecule has 6 nitrogen and oxygen atoms in total. The van der Waals surface area contributed by atoms with Crippen LogP contribution in [0.15, 0.2) is 78.0 Å². The van der Waals surface area contributed by atoms with Gasteiger partial charge in [-0.1, -0.05) is 35.9 Å². The molecule has 1 heterocycles. The van der Waals surface area contributed by atoms with Crippen LogP contribution in [-0.2, 0) is 21.1 Å². The van der Waals surface area contributed by atoms with E-state index in [1.807, 2.05) is 38.1 Å². The summed E-state index contributed by atoms with van der Waals surface area (Å²) < 4.78 is 32.0. The molecule has 1 amide bonds. The largest absolute Gasteiger partial charge is 0.494 e. The lowest BCUT2D eigenvalue weighted by Crippen LogP contribution is -2.33. The van der Waals surface area contributed by atoms with Crippen LogP contribution in [-0.4, -0.2) is 32.5 Å². The number of sulfone groups is 1. The quantitative estimate of drug-likeness (QED) is 0.551. The van der Waals surface area contributed by atoms with E-state index in [1.165, 1.54) is 6.20 Å². The standard InChI is InChI=1S/C24H26N2O4S/c1-3-30-21-10-8-19(9-11-21)15-24(27)26-17-23(20-5-4-14-25-16-20)31(28,29)22-12-6-18(2)7-13-22/h4-14,16,23H,3,15,17H2,1-2H3,(H,26,27). The molecule has 0 aliphatic heterocycles. The summed E-state index contributed by atoms with van der Waals surface area (Å²) in [5.74, 6) is 0.490. The molecule has 0 aliphatic carbocycles. The highest BCUT2D eigenvalue weighted by Gasteiger charge is 2.29. The zero-order valence-electron chi connectivity index (χ0n) is 17.6. The van der Waals surface area contributed by atoms with E-state index in [-0.39, 0.29) is 23.8 Å². The number of ether oxygens (including phenoxy) is 1. The van der Waals surface area contributed by atoms with Gasteiger partial charge in [-0.15, -0.1) is 0 Å². The third-order valence-electron chi connectivity index (χ3n) is 4.86. The number of amides is 1. The summed E-state index contributed by atoms with van der Waals surface area (Å²) in [6, 6.07) is 17.4. The van der Waals surface area contributed by atoms with Crippen molar-refractivity contribution in [2.45, 2.75) is 30.4 Å². The third-order valence-corrected chi connectivity index (χ3v) is 6.98. The zero-order valence-corrected chi connectivity index (χ0v) is 18.4. The molecule has 1 atom stereocenters. The smallest absolute Gasteiger partial charge is 0.224 e. The van der Waals surface area contributed by atoms with Gasteiger partial charge in [-0.3, -0.25) is 9.78 Å². The second kappa shape index (κ2) is 10.2. The molecular formula is C24H26N2O4S. The molecule has 0 radical (unpaired) electrons. The highest BCUT2D eigenvalue weighted by Crippen LogP contribution is 2.28. The lowest BCUT2D eigenvalue weighted by atomic mass is 10.1. The second-order valence-electron chi connectivity index (χ2n) is 7.19. The van der Waals surface area contributed by atoms with E-state index in [4.69, 9.17) is 4.74 Å². The Morgan fingerprint density at radius 2 is 1.77 bits per heavy atom. The van der Waals surface area contributed by atoms with E-state index in [1.54, 1.807) is 42.6 Å². The summed E-state index contributed by atoms with van der Waals surface area (Å²) in [6.07, 6.45) is 3.26. The van der Waals surface area contributed by atoms with Gasteiger partial charge in [-0.25, -0.2) is 8.42 Å². The minimum Gasteiger partial charge on any atom is -0.494 e. The van der Waals surface area contributed by atoms with Gasteiger partial charge in [0.1, 0.15) is 11.0 Å². The molecule has 0 saturated carbocycles. The molecule has 0 bridgehead atoms. The average molecular weight is 439 g/mol. The summed E-state index contributed by atoms with van der Waals surface area (Å²) in [4.78, 5) is 16.8. The molecule has 7 heteroatoms. The summed E-state index contributed by atoms with van der Waals surface area (Å²) in [5.41, 5.74) is 2.32. The number of benzene rings is 2. The maximum absolute atomic E-state index is 13.3. The Labute approximate surface area is 183 Å². The van der Waals surface area contributed by atoms with Crippen LogP contribution in [0.2, 0.25) is 0 Å². The fraction of sp³-hybridized carbons (Fsp3) is 0.250. The molecule has 1 N–H and O–H groups in total. The highest BCUT2D eigenvalue weighted by atomic mass is 32.2. The molecule has 2 aromatic carbocycles. The number of carbonyl (C=O) groups is 1. The van der Waals surface area contributed by atoms with Crippen molar-refractivity contribution in [3.05, 3.63) is 89.7 Å². The van der Waals surface area contributed by atoms with Gasteiger partial charge in [0.25, 0.3) is 0 Å². The summed E-state index contributed by atoms with van der Waals surface area (Å²) in [5, 5.41) is 1.84. The van der Waals surface area contributed by atoms with E-state index >= 15 is 0 Å². The van der Waals surface area contributed by atoms with Gasteiger partial charge in [0.2, 0.25) is 5.91 Å². The van der Waals surface area contributed by atoms with E-state index in [2.05, 4.69) is 10.3 Å². The average Bonchev–Trinajstić information content (AvgIpc) is 2.76. The van der Waals surface area contributed by atoms with Gasteiger partial charge in [-0.05, 0) is 55.3 Å². The normalized spacial score (nSPS) is 12.2. The van der Waals surface area contributed by atoms with Crippen molar-refractivity contribution in [3.8, 4) is 5.75 Å². The Morgan fingerprint density at radius 3 is 2.39 bits per heavy atom. The second-order valence-corrected chi connectivity index (χ2v) is 9.32. The van der Waals surface area contributed by atoms with Crippen LogP contribution in [0.25, 0.3) is 0 Å². The summed E-state index contributed by atoms with van der Waals surface area (Å²) in [7, 11) is -3.72. The highest BCUT2D eigenvalue weighted by molar-refractivity contribution is 7.91. The van der Waals surface area contributed by atoms with Gasteiger partial charge in [0.15, 0.2) is 9.84 Å². The van der Waals surface area contributed by atoms with Crippen LogP contribution in [0.1, 0.15) is 28.9 Å². The molecule has 3 rings (SSSR count). The van der Waals surface area contributed by atoms with Crippen molar-refractivity contribution < 1.29 is 17.9 Å². The molecule has 0 aliphatic rings. The Morgan fingerprint density at radius 1 is 1.06 bits per heavy atom. The molecular weight excluding hydrogens is 412 g/mol. The number of pyridine rings is 1. The lowest BCUT2D eigenvalue weighted by Gasteiger charge is -2.19. The third kappa shape index (κ3) is 5.92. The predicted molar refractivity (Wildman–Crippen MR) is 120 cm³/mol. The van der Waals surface area contributed by atoms with Crippen LogP contribution < -0.4 is 10.1 Å². The molecule has 0 saturated heterocycles. The van der Waals surface area contributed by atoms with E-state index in [0.717, 1.165) is 16.9 Å². The molecule has 1 aromatic heterocycles. The monoisotopic (exact) mass is 438 g/mol. The summed E-state index contributed by atoms with van der Waals surface area (Å²) in [6.45, 7) is 4.34. The van der Waals surface area contributed by atoms with Crippen LogP contribution in [0, 0.1) is 6.92 Å². The van der Waals surface area contributed by atoms with Crippen LogP contribution in [0.3, 0.4) is 0 Å². The molecule has 3 aromatic rings. The van der Waals surface area contributed by atoms with Gasteiger partial charge in [0.05, 0.1) is 17.9 Å². The topological polar surface area (TPSA) is 85.4 Å². The molecule has 0 spiro atoms. The maximum atomic E-state index is 13.3. The number of hydrogen-bond acceptors (Lipinski definition) is 5. The zero-order chi connectivity index (χ0) is 22.3. The summed E-state index contributed by atoms with van der Waals surface area (Å²) >= 11 is 0. The molecule has 31 heavy (non-hydrogen) atoms. The van der Waals surface area contributed by atoms with Crippen molar-refractivity contribution in [2.24, 2.45) is 0 Å². The predicted octanol–water partition coefficient (Wildman–Crippen LogP) is 3.66. The van der Waals surface area contributed by atoms with Crippen LogP contribution >= 0.6 is 0 Å². The fourth-order valence-corrected chi connectivity index (χ4v) is 4.83. The number of carbonyl (C=O) groups excluding carboxylic acids is 1. The molecule has 162 valence electrons. The van der Waals surface area contributed by atoms with Gasteiger partial charge in [0, 0.05) is 18.9 Å². The van der Waals surface area contributed by atoms with Crippen molar-refractivity contribution >= 4 is 15.7 Å². The first-order valence-electron chi connectivity index (χ1n) is 10.1. The SMILES string of the molecule is CCOc1ccc(CC(=O)NCC(c2cccnc2)S(=O)(=O)c2ccc(C)cc2)cc1. The van der Waals surface area contributed by atoms with E-state index in [9.17, 15) is 13.2 Å². The molecule has 0 fully saturated rings. The van der Waals surface area contributed by atoms with E-state index < -0.39 is 15.1 Å². The Hall–Kier alpha value is -3.19. The van der Waals surface area contributed by atoms with Gasteiger partial charge < -0.3 is 10.1 Å². The molecule has 1 unspecified atom stereocenters. The Kier molecular flexibility index (Phi) is 7.41. The Balaban J connectivity index is 1.75. The van der Waals surface area contributed by atoms with Gasteiger partial charge >= 0.3 is 0 Å². The first-order valence-corrected chi connectivity index (χ1v) is 11.6. The minimum absolute atomic E-state index is 0.0439. The van der Waals surface area contributed by atoms with Crippen LogP contribution in [0.5, 0.6) is 5.75 Å². The number of hydrogen-bond donors (Lipinski definition) is 1. The van der Waals surface area contributed by atoms with Crippen molar-refractivity contribution in [2.75, 3.05) is 13.2 Å². The minimum atomic E-state index is -3.72. The lowest BCUT2D eigenvalue weighted by molar-refractivity contribution is -0.120.